The van der Waals surface area contributed by atoms with E-state index in [0.29, 0.717) is 11.4 Å². The zero-order valence-corrected chi connectivity index (χ0v) is 33.5. The van der Waals surface area contributed by atoms with Crippen molar-refractivity contribution >= 4 is 5.97 Å². The molecule has 0 amide bonds. The van der Waals surface area contributed by atoms with Gasteiger partial charge in [-0.15, -0.1) is 60.2 Å². The Kier molecular flexibility index (Phi) is 19.5. The SMILES string of the molecule is CCCc1nc(-c2[c-]cccc2)n(C)n1.Fc1c[c-]c(-c2ccccn2)c(F)c1.Fc1c[c-]c(-c2ccccn2)c(F)c1.O=C(O)c1ccccn1.[Ir-3].[Ir]. The van der Waals surface area contributed by atoms with Gasteiger partial charge in [-0.25, -0.2) is 9.78 Å². The van der Waals surface area contributed by atoms with Crippen LogP contribution in [0.25, 0.3) is 33.9 Å². The van der Waals surface area contributed by atoms with Crippen LogP contribution in [-0.4, -0.2) is 40.8 Å². The molecule has 0 saturated carbocycles. The number of pyridine rings is 3. The predicted octanol–water partition coefficient (Wildman–Crippen LogP) is 8.66. The molecular weight excluding hydrogens is 1060 g/mol. The number of carbonyl (C=O) groups is 1. The van der Waals surface area contributed by atoms with Gasteiger partial charge in [-0.2, -0.15) is 5.10 Å². The molecule has 0 bridgehead atoms. The zero-order chi connectivity index (χ0) is 37.3. The molecule has 14 heteroatoms. The Morgan fingerprint density at radius 3 is 1.65 bits per heavy atom. The van der Waals surface area contributed by atoms with Crippen LogP contribution in [0.3, 0.4) is 0 Å². The number of aromatic nitrogens is 6. The standard InChI is InChI=1S/C12H14N3.2C11H6F2N.C6H5NO2.2Ir/c1-3-7-11-13-12(15(2)14-11)10-8-5-4-6-9-10;2*12-8-4-5-9(10(13)7-8)11-3-1-2-6-14-11;8-6(9)5-3-1-2-4-7-5;;/h4-6,8H,3,7H2,1-2H3;2*1-4,6-7H;1-4H,(H,8,9);;/q3*-1;;;-3. The molecule has 0 aliphatic rings. The van der Waals surface area contributed by atoms with Crippen molar-refractivity contribution in [3.8, 4) is 33.9 Å². The Hall–Kier alpha value is -5.26. The van der Waals surface area contributed by atoms with Crippen molar-refractivity contribution in [3.63, 3.8) is 0 Å². The van der Waals surface area contributed by atoms with Crippen molar-refractivity contribution < 1.29 is 67.7 Å². The van der Waals surface area contributed by atoms with Crippen LogP contribution < -0.4 is 0 Å². The number of rotatable bonds is 6. The fourth-order valence-corrected chi connectivity index (χ4v) is 4.33. The van der Waals surface area contributed by atoms with Crippen molar-refractivity contribution in [1.29, 1.82) is 0 Å². The minimum Gasteiger partial charge on any atom is -3.00 e. The number of hydrogen-bond acceptors (Lipinski definition) is 6. The molecular formula is C40H31F4Ir2N6O2-6. The Balaban J connectivity index is 0.000000249. The topological polar surface area (TPSA) is 107 Å². The number of benzene rings is 3. The molecule has 4 aromatic heterocycles. The van der Waals surface area contributed by atoms with Crippen molar-refractivity contribution in [2.24, 2.45) is 7.05 Å². The van der Waals surface area contributed by atoms with Gasteiger partial charge in [-0.1, -0.05) is 60.5 Å². The second kappa shape index (κ2) is 23.4. The number of aryl methyl sites for hydroxylation is 2. The van der Waals surface area contributed by atoms with Crippen LogP contribution in [0.4, 0.5) is 17.6 Å². The molecule has 0 aliphatic heterocycles. The second-order valence-electron chi connectivity index (χ2n) is 10.5. The van der Waals surface area contributed by atoms with Crippen LogP contribution in [0.15, 0.2) is 122 Å². The minimum atomic E-state index is -0.990. The molecule has 4 heterocycles. The van der Waals surface area contributed by atoms with Crippen molar-refractivity contribution in [2.45, 2.75) is 19.8 Å². The Labute approximate surface area is 337 Å². The summed E-state index contributed by atoms with van der Waals surface area (Å²) in [6.07, 6.45) is 6.55. The van der Waals surface area contributed by atoms with Gasteiger partial charge in [-0.05, 0) is 42.1 Å². The number of hydrogen-bond donors (Lipinski definition) is 1. The number of carboxylic acid groups (broad SMARTS) is 1. The predicted molar refractivity (Wildman–Crippen MR) is 187 cm³/mol. The third kappa shape index (κ3) is 13.9. The summed E-state index contributed by atoms with van der Waals surface area (Å²) in [6.45, 7) is 2.13. The number of nitrogens with zero attached hydrogens (tertiary/aromatic N) is 6. The maximum atomic E-state index is 13.2. The first-order chi connectivity index (χ1) is 25.2. The van der Waals surface area contributed by atoms with E-state index >= 15 is 0 Å². The third-order valence-corrected chi connectivity index (χ3v) is 6.67. The molecule has 54 heavy (non-hydrogen) atoms. The molecule has 0 unspecified atom stereocenters. The molecule has 7 rings (SSSR count). The van der Waals surface area contributed by atoms with Gasteiger partial charge in [-0.3, -0.25) is 27.2 Å². The van der Waals surface area contributed by atoms with E-state index < -0.39 is 29.2 Å². The first kappa shape index (κ1) is 44.9. The summed E-state index contributed by atoms with van der Waals surface area (Å²) in [7, 11) is 1.92. The van der Waals surface area contributed by atoms with Crippen LogP contribution in [0, 0.1) is 41.5 Å². The molecule has 0 atom stereocenters. The van der Waals surface area contributed by atoms with Crippen molar-refractivity contribution in [2.75, 3.05) is 0 Å². The van der Waals surface area contributed by atoms with Crippen molar-refractivity contribution in [3.05, 3.63) is 175 Å². The fraction of sp³-hybridized carbons (Fsp3) is 0.100. The van der Waals surface area contributed by atoms with Gasteiger partial charge in [0.1, 0.15) is 11.5 Å². The molecule has 0 aliphatic carbocycles. The smallest absolute Gasteiger partial charge is 0.354 e. The largest absolute Gasteiger partial charge is 3.00 e. The molecule has 1 N–H and O–H groups in total. The third-order valence-electron chi connectivity index (χ3n) is 6.67. The van der Waals surface area contributed by atoms with Crippen LogP contribution in [0.1, 0.15) is 29.7 Å². The van der Waals surface area contributed by atoms with Crippen LogP contribution in [0.2, 0.25) is 0 Å². The Bertz CT molecular complexity index is 2060. The number of carboxylic acids is 1. The zero-order valence-electron chi connectivity index (χ0n) is 28.7. The van der Waals surface area contributed by atoms with Gasteiger partial charge < -0.3 is 35.2 Å². The van der Waals surface area contributed by atoms with Crippen molar-refractivity contribution in [1.82, 2.24) is 29.7 Å². The summed E-state index contributed by atoms with van der Waals surface area (Å²) in [6, 6.07) is 34.8. The van der Waals surface area contributed by atoms with E-state index in [1.54, 1.807) is 60.9 Å². The van der Waals surface area contributed by atoms with E-state index in [4.69, 9.17) is 5.11 Å². The Morgan fingerprint density at radius 2 is 1.26 bits per heavy atom. The van der Waals surface area contributed by atoms with E-state index in [9.17, 15) is 22.4 Å². The molecule has 285 valence electrons. The fourth-order valence-electron chi connectivity index (χ4n) is 4.33. The van der Waals surface area contributed by atoms with Gasteiger partial charge in [0.05, 0.1) is 5.82 Å². The molecule has 7 aromatic rings. The molecule has 0 fully saturated rings. The average molecular weight is 1090 g/mol. The summed E-state index contributed by atoms with van der Waals surface area (Å²) >= 11 is 0. The summed E-state index contributed by atoms with van der Waals surface area (Å²) in [5.74, 6) is -1.77. The first-order valence-corrected chi connectivity index (χ1v) is 15.7. The molecule has 1 radical (unpaired) electrons. The van der Waals surface area contributed by atoms with Gasteiger partial charge in [0, 0.05) is 75.4 Å². The molecule has 3 aromatic carbocycles. The molecule has 0 saturated heterocycles. The molecule has 0 spiro atoms. The van der Waals surface area contributed by atoms with E-state index in [1.165, 1.54) is 12.3 Å². The maximum Gasteiger partial charge on any atom is 0.354 e. The summed E-state index contributed by atoms with van der Waals surface area (Å²) < 4.78 is 53.4. The van der Waals surface area contributed by atoms with Gasteiger partial charge in [0.15, 0.2) is 0 Å². The summed E-state index contributed by atoms with van der Waals surface area (Å²) in [4.78, 5) is 26.1. The average Bonchev–Trinajstić information content (AvgIpc) is 3.53. The summed E-state index contributed by atoms with van der Waals surface area (Å²) in [5, 5.41) is 12.7. The van der Waals surface area contributed by atoms with Crippen LogP contribution in [0.5, 0.6) is 0 Å². The van der Waals surface area contributed by atoms with Gasteiger partial charge in [0.2, 0.25) is 0 Å². The van der Waals surface area contributed by atoms with E-state index in [0.717, 1.165) is 54.3 Å². The van der Waals surface area contributed by atoms with E-state index in [-0.39, 0.29) is 57.0 Å². The van der Waals surface area contributed by atoms with Gasteiger partial charge in [0.25, 0.3) is 0 Å². The van der Waals surface area contributed by atoms with Crippen LogP contribution >= 0.6 is 0 Å². The maximum absolute atomic E-state index is 13.2. The van der Waals surface area contributed by atoms with Gasteiger partial charge >= 0.3 is 5.97 Å². The Morgan fingerprint density at radius 1 is 0.741 bits per heavy atom. The number of aromatic carboxylic acids is 1. The summed E-state index contributed by atoms with van der Waals surface area (Å²) in [5.41, 5.74) is 2.35. The second-order valence-corrected chi connectivity index (χ2v) is 10.5. The van der Waals surface area contributed by atoms with E-state index in [1.807, 2.05) is 36.0 Å². The number of halogens is 4. The normalized spacial score (nSPS) is 9.67. The molecule has 8 nitrogen and oxygen atoms in total. The quantitative estimate of drug-likeness (QED) is 0.131. The first-order valence-electron chi connectivity index (χ1n) is 15.7. The monoisotopic (exact) mass is 1090 g/mol. The minimum absolute atomic E-state index is 0. The van der Waals surface area contributed by atoms with E-state index in [2.05, 4.69) is 50.2 Å². The van der Waals surface area contributed by atoms with Crippen LogP contribution in [-0.2, 0) is 53.7 Å².